The molecule has 0 aliphatic rings. The maximum atomic E-state index is 12.5. The molecule has 5 rings (SSSR count). The van der Waals surface area contributed by atoms with Crippen LogP contribution in [0.4, 0.5) is 8.78 Å². The molecule has 0 saturated heterocycles. The SMILES string of the molecule is Cc1cc(-c2cc3cc(OCc4ccccc4)ccc3o2)c2ncc(OC(F)F)nc2c1. The van der Waals surface area contributed by atoms with Crippen molar-refractivity contribution in [3.8, 4) is 23.0 Å². The number of furan rings is 1. The van der Waals surface area contributed by atoms with E-state index < -0.39 is 6.61 Å². The van der Waals surface area contributed by atoms with Crippen molar-refractivity contribution in [2.45, 2.75) is 20.1 Å². The van der Waals surface area contributed by atoms with Gasteiger partial charge in [0, 0.05) is 10.9 Å². The molecule has 2 heterocycles. The Bertz CT molecular complexity index is 1400. The number of benzene rings is 3. The average Bonchev–Trinajstić information content (AvgIpc) is 3.20. The van der Waals surface area contributed by atoms with Gasteiger partial charge < -0.3 is 13.9 Å². The van der Waals surface area contributed by atoms with Gasteiger partial charge in [0.05, 0.1) is 17.2 Å². The molecule has 0 bridgehead atoms. The van der Waals surface area contributed by atoms with Crippen LogP contribution in [0.3, 0.4) is 0 Å². The van der Waals surface area contributed by atoms with E-state index in [9.17, 15) is 8.78 Å². The van der Waals surface area contributed by atoms with Gasteiger partial charge in [-0.05, 0) is 54.4 Å². The number of hydrogen-bond acceptors (Lipinski definition) is 5. The van der Waals surface area contributed by atoms with E-state index in [0.717, 1.165) is 27.8 Å². The van der Waals surface area contributed by atoms with Crippen LogP contribution in [0, 0.1) is 6.92 Å². The molecule has 5 nitrogen and oxygen atoms in total. The molecule has 3 aromatic carbocycles. The van der Waals surface area contributed by atoms with E-state index in [1.807, 2.05) is 67.6 Å². The Morgan fingerprint density at radius 3 is 2.66 bits per heavy atom. The van der Waals surface area contributed by atoms with Crippen molar-refractivity contribution >= 4 is 22.0 Å². The third-order valence-electron chi connectivity index (χ3n) is 4.98. The fourth-order valence-electron chi connectivity index (χ4n) is 3.57. The number of alkyl halides is 2. The first-order valence-electron chi connectivity index (χ1n) is 9.98. The zero-order valence-electron chi connectivity index (χ0n) is 17.1. The molecule has 2 aromatic heterocycles. The first-order chi connectivity index (χ1) is 15.5. The van der Waals surface area contributed by atoms with Crippen LogP contribution < -0.4 is 9.47 Å². The van der Waals surface area contributed by atoms with Crippen LogP contribution in [0.1, 0.15) is 11.1 Å². The van der Waals surface area contributed by atoms with E-state index in [2.05, 4.69) is 14.7 Å². The predicted octanol–water partition coefficient (Wildman–Crippen LogP) is 6.53. The lowest BCUT2D eigenvalue weighted by atomic mass is 10.1. The van der Waals surface area contributed by atoms with Gasteiger partial charge in [-0.3, -0.25) is 0 Å². The minimum Gasteiger partial charge on any atom is -0.489 e. The molecule has 0 unspecified atom stereocenters. The smallest absolute Gasteiger partial charge is 0.388 e. The highest BCUT2D eigenvalue weighted by Gasteiger charge is 2.15. The summed E-state index contributed by atoms with van der Waals surface area (Å²) < 4.78 is 41.4. The van der Waals surface area contributed by atoms with E-state index in [1.165, 1.54) is 6.20 Å². The number of rotatable bonds is 6. The predicted molar refractivity (Wildman–Crippen MR) is 117 cm³/mol. The number of halogens is 2. The Kier molecular flexibility index (Phi) is 5.15. The Balaban J connectivity index is 1.48. The Hall–Kier alpha value is -4.00. The Labute approximate surface area is 182 Å². The van der Waals surface area contributed by atoms with Crippen molar-refractivity contribution in [1.82, 2.24) is 9.97 Å². The number of aryl methyl sites for hydroxylation is 1. The van der Waals surface area contributed by atoms with Crippen LogP contribution in [0.5, 0.6) is 11.6 Å². The molecule has 160 valence electrons. The molecule has 0 amide bonds. The van der Waals surface area contributed by atoms with Crippen molar-refractivity contribution < 1.29 is 22.7 Å². The van der Waals surface area contributed by atoms with Crippen molar-refractivity contribution in [3.05, 3.63) is 84.1 Å². The van der Waals surface area contributed by atoms with E-state index in [1.54, 1.807) is 6.07 Å². The van der Waals surface area contributed by atoms with Crippen molar-refractivity contribution in [1.29, 1.82) is 0 Å². The molecule has 5 aromatic rings. The highest BCUT2D eigenvalue weighted by molar-refractivity contribution is 5.94. The summed E-state index contributed by atoms with van der Waals surface area (Å²) in [5.74, 6) is 1.11. The van der Waals surface area contributed by atoms with Crippen LogP contribution in [0.25, 0.3) is 33.3 Å². The van der Waals surface area contributed by atoms with Crippen LogP contribution in [-0.2, 0) is 6.61 Å². The molecule has 0 atom stereocenters. The summed E-state index contributed by atoms with van der Waals surface area (Å²) in [6.45, 7) is -0.596. The van der Waals surface area contributed by atoms with Gasteiger partial charge in [0.1, 0.15) is 23.7 Å². The maximum absolute atomic E-state index is 12.5. The van der Waals surface area contributed by atoms with Gasteiger partial charge >= 0.3 is 6.61 Å². The van der Waals surface area contributed by atoms with Crippen LogP contribution in [-0.4, -0.2) is 16.6 Å². The monoisotopic (exact) mass is 432 g/mol. The lowest BCUT2D eigenvalue weighted by Crippen LogP contribution is -2.04. The molecule has 0 aliphatic carbocycles. The summed E-state index contributed by atoms with van der Waals surface area (Å²) in [5, 5.41) is 0.880. The molecule has 0 radical (unpaired) electrons. The third kappa shape index (κ3) is 4.09. The Morgan fingerprint density at radius 1 is 1.00 bits per heavy atom. The van der Waals surface area contributed by atoms with Crippen LogP contribution in [0.2, 0.25) is 0 Å². The van der Waals surface area contributed by atoms with E-state index in [-0.39, 0.29) is 5.88 Å². The lowest BCUT2D eigenvalue weighted by Gasteiger charge is -2.07. The van der Waals surface area contributed by atoms with Gasteiger partial charge in [-0.15, -0.1) is 0 Å². The zero-order valence-corrected chi connectivity index (χ0v) is 17.1. The molecule has 0 N–H and O–H groups in total. The topological polar surface area (TPSA) is 57.4 Å². The number of aromatic nitrogens is 2. The first kappa shape index (κ1) is 19.9. The van der Waals surface area contributed by atoms with E-state index in [4.69, 9.17) is 9.15 Å². The number of nitrogens with zero attached hydrogens (tertiary/aromatic N) is 2. The number of ether oxygens (including phenoxy) is 2. The summed E-state index contributed by atoms with van der Waals surface area (Å²) in [4.78, 5) is 8.45. The summed E-state index contributed by atoms with van der Waals surface area (Å²) >= 11 is 0. The van der Waals surface area contributed by atoms with Gasteiger partial charge in [-0.25, -0.2) is 9.97 Å². The second-order valence-corrected chi connectivity index (χ2v) is 7.35. The molecule has 0 spiro atoms. The maximum Gasteiger partial charge on any atom is 0.388 e. The lowest BCUT2D eigenvalue weighted by molar-refractivity contribution is -0.0528. The fourth-order valence-corrected chi connectivity index (χ4v) is 3.57. The van der Waals surface area contributed by atoms with Gasteiger partial charge in [0.15, 0.2) is 0 Å². The molecular formula is C25H18F2N2O3. The van der Waals surface area contributed by atoms with E-state index >= 15 is 0 Å². The number of hydrogen-bond donors (Lipinski definition) is 0. The zero-order chi connectivity index (χ0) is 22.1. The third-order valence-corrected chi connectivity index (χ3v) is 4.98. The van der Waals surface area contributed by atoms with Crippen LogP contribution >= 0.6 is 0 Å². The highest BCUT2D eigenvalue weighted by Crippen LogP contribution is 2.34. The quantitative estimate of drug-likeness (QED) is 0.305. The largest absolute Gasteiger partial charge is 0.489 e. The standard InChI is InChI=1S/C25H18F2N2O3/c1-15-9-19(24-20(10-15)29-23(13-28-24)32-25(26)27)22-12-17-11-18(7-8-21(17)31-22)30-14-16-5-3-2-4-6-16/h2-13,25H,14H2,1H3. The second-order valence-electron chi connectivity index (χ2n) is 7.35. The highest BCUT2D eigenvalue weighted by atomic mass is 19.3. The normalized spacial score (nSPS) is 11.4. The minimum atomic E-state index is -2.96. The van der Waals surface area contributed by atoms with Crippen molar-refractivity contribution in [2.24, 2.45) is 0 Å². The Morgan fingerprint density at radius 2 is 1.84 bits per heavy atom. The summed E-state index contributed by atoms with van der Waals surface area (Å²) in [5.41, 5.74) is 4.39. The number of fused-ring (bicyclic) bond motifs is 2. The molecular weight excluding hydrogens is 414 g/mol. The van der Waals surface area contributed by atoms with Gasteiger partial charge in [-0.1, -0.05) is 30.3 Å². The molecule has 0 fully saturated rings. The second kappa shape index (κ2) is 8.26. The molecule has 0 aliphatic heterocycles. The van der Waals surface area contributed by atoms with Crippen LogP contribution in [0.15, 0.2) is 77.3 Å². The summed E-state index contributed by atoms with van der Waals surface area (Å²) in [7, 11) is 0. The van der Waals surface area contributed by atoms with Gasteiger partial charge in [0.25, 0.3) is 0 Å². The molecule has 32 heavy (non-hydrogen) atoms. The average molecular weight is 432 g/mol. The summed E-state index contributed by atoms with van der Waals surface area (Å²) in [6, 6.07) is 21.2. The molecule has 0 saturated carbocycles. The fraction of sp³-hybridized carbons (Fsp3) is 0.120. The molecule has 7 heteroatoms. The first-order valence-corrected chi connectivity index (χ1v) is 9.98. The minimum absolute atomic E-state index is 0.228. The van der Waals surface area contributed by atoms with Gasteiger partial charge in [-0.2, -0.15) is 8.78 Å². The van der Waals surface area contributed by atoms with E-state index in [0.29, 0.717) is 29.0 Å². The van der Waals surface area contributed by atoms with Crippen molar-refractivity contribution in [2.75, 3.05) is 0 Å². The van der Waals surface area contributed by atoms with Crippen molar-refractivity contribution in [3.63, 3.8) is 0 Å². The summed E-state index contributed by atoms with van der Waals surface area (Å²) in [6.07, 6.45) is 1.19. The van der Waals surface area contributed by atoms with Gasteiger partial charge in [0.2, 0.25) is 5.88 Å².